The van der Waals surface area contributed by atoms with Crippen molar-refractivity contribution >= 4 is 28.3 Å². The lowest BCUT2D eigenvalue weighted by molar-refractivity contribution is 0.101. The summed E-state index contributed by atoms with van der Waals surface area (Å²) in [4.78, 5) is 26.2. The van der Waals surface area contributed by atoms with E-state index in [1.54, 1.807) is 67.8 Å². The van der Waals surface area contributed by atoms with Crippen LogP contribution < -0.4 is 14.8 Å². The molecule has 0 aliphatic carbocycles. The van der Waals surface area contributed by atoms with Crippen LogP contribution in [0.2, 0.25) is 0 Å². The molecule has 4 rings (SSSR count). The van der Waals surface area contributed by atoms with E-state index in [1.807, 2.05) is 26.0 Å². The Morgan fingerprint density at radius 2 is 1.47 bits per heavy atom. The predicted octanol–water partition coefficient (Wildman–Crippen LogP) is 5.71. The Bertz CT molecular complexity index is 1250. The molecule has 0 fully saturated rings. The molecule has 1 aromatic heterocycles. The summed E-state index contributed by atoms with van der Waals surface area (Å²) in [6, 6.07) is 20.8. The molecule has 0 radical (unpaired) electrons. The van der Waals surface area contributed by atoms with Crippen LogP contribution in [0.25, 0.3) is 11.0 Å². The van der Waals surface area contributed by atoms with Gasteiger partial charge in [-0.15, -0.1) is 0 Å². The Morgan fingerprint density at radius 3 is 2.12 bits per heavy atom. The topological polar surface area (TPSA) is 77.8 Å². The summed E-state index contributed by atoms with van der Waals surface area (Å²) >= 11 is 0. The van der Waals surface area contributed by atoms with Crippen molar-refractivity contribution in [3.8, 4) is 11.5 Å². The zero-order valence-corrected chi connectivity index (χ0v) is 18.0. The van der Waals surface area contributed by atoms with Crippen LogP contribution in [0.3, 0.4) is 0 Å². The van der Waals surface area contributed by atoms with Gasteiger partial charge in [-0.1, -0.05) is 12.1 Å². The average molecular weight is 429 g/mol. The van der Waals surface area contributed by atoms with Crippen LogP contribution in [0.4, 0.5) is 5.69 Å². The lowest BCUT2D eigenvalue weighted by Crippen LogP contribution is -2.14. The van der Waals surface area contributed by atoms with Crippen LogP contribution in [0.5, 0.6) is 11.5 Å². The third-order valence-electron chi connectivity index (χ3n) is 4.88. The van der Waals surface area contributed by atoms with Gasteiger partial charge in [0.25, 0.3) is 5.91 Å². The summed E-state index contributed by atoms with van der Waals surface area (Å²) < 4.78 is 16.6. The minimum atomic E-state index is -0.351. The van der Waals surface area contributed by atoms with Crippen molar-refractivity contribution < 1.29 is 23.5 Å². The Kier molecular flexibility index (Phi) is 5.94. The lowest BCUT2D eigenvalue weighted by atomic mass is 10.1. The molecule has 6 nitrogen and oxygen atoms in total. The van der Waals surface area contributed by atoms with Crippen molar-refractivity contribution in [1.29, 1.82) is 0 Å². The van der Waals surface area contributed by atoms with Crippen molar-refractivity contribution in [2.45, 2.75) is 20.0 Å². The van der Waals surface area contributed by atoms with Crippen LogP contribution in [0, 0.1) is 0 Å². The summed E-state index contributed by atoms with van der Waals surface area (Å²) in [5.41, 5.74) is 1.72. The van der Waals surface area contributed by atoms with E-state index in [-0.39, 0.29) is 23.6 Å². The van der Waals surface area contributed by atoms with E-state index in [1.165, 1.54) is 0 Å². The maximum absolute atomic E-state index is 13.2. The summed E-state index contributed by atoms with van der Waals surface area (Å²) in [6.07, 6.45) is 0.0403. The van der Waals surface area contributed by atoms with Gasteiger partial charge >= 0.3 is 0 Å². The molecule has 0 atom stereocenters. The summed E-state index contributed by atoms with van der Waals surface area (Å²) in [6.45, 7) is 3.87. The van der Waals surface area contributed by atoms with E-state index < -0.39 is 0 Å². The fraction of sp³-hybridized carbons (Fsp3) is 0.154. The monoisotopic (exact) mass is 429 g/mol. The molecule has 1 heterocycles. The van der Waals surface area contributed by atoms with E-state index in [4.69, 9.17) is 13.9 Å². The number of anilines is 1. The molecule has 1 amide bonds. The normalized spacial score (nSPS) is 10.9. The van der Waals surface area contributed by atoms with E-state index in [2.05, 4.69) is 5.32 Å². The SMILES string of the molecule is COc1ccc(C(=O)c2oc3ccccc3c2NC(=O)c2ccc(OC(C)C)cc2)cc1. The summed E-state index contributed by atoms with van der Waals surface area (Å²) in [5, 5.41) is 3.51. The first-order valence-electron chi connectivity index (χ1n) is 10.2. The molecule has 0 aliphatic heterocycles. The summed E-state index contributed by atoms with van der Waals surface area (Å²) in [7, 11) is 1.56. The number of carbonyl (C=O) groups is 2. The second-order valence-corrected chi connectivity index (χ2v) is 7.51. The number of methoxy groups -OCH3 is 1. The van der Waals surface area contributed by atoms with Gasteiger partial charge in [-0.3, -0.25) is 9.59 Å². The number of ketones is 1. The van der Waals surface area contributed by atoms with Gasteiger partial charge in [0.15, 0.2) is 5.76 Å². The number of hydrogen-bond acceptors (Lipinski definition) is 5. The van der Waals surface area contributed by atoms with Crippen LogP contribution in [-0.4, -0.2) is 24.9 Å². The predicted molar refractivity (Wildman–Crippen MR) is 123 cm³/mol. The molecule has 4 aromatic rings. The second-order valence-electron chi connectivity index (χ2n) is 7.51. The number of fused-ring (bicyclic) bond motifs is 1. The fourth-order valence-electron chi connectivity index (χ4n) is 3.35. The number of furan rings is 1. The van der Waals surface area contributed by atoms with Crippen LogP contribution in [0.15, 0.2) is 77.2 Å². The van der Waals surface area contributed by atoms with Crippen molar-refractivity contribution in [3.63, 3.8) is 0 Å². The molecule has 0 spiro atoms. The Morgan fingerprint density at radius 1 is 0.844 bits per heavy atom. The van der Waals surface area contributed by atoms with E-state index in [0.29, 0.717) is 39.3 Å². The highest BCUT2D eigenvalue weighted by Crippen LogP contribution is 2.33. The fourth-order valence-corrected chi connectivity index (χ4v) is 3.35. The maximum Gasteiger partial charge on any atom is 0.255 e. The number of benzene rings is 3. The standard InChI is InChI=1S/C26H23NO5/c1-16(2)31-20-14-10-18(11-15-20)26(29)27-23-21-6-4-5-7-22(21)32-25(23)24(28)17-8-12-19(30-3)13-9-17/h4-16H,1-3H3,(H,27,29). The molecule has 0 saturated carbocycles. The first kappa shape index (κ1) is 21.2. The number of amides is 1. The van der Waals surface area contributed by atoms with Gasteiger partial charge in [-0.25, -0.2) is 0 Å². The molecule has 162 valence electrons. The molecule has 0 unspecified atom stereocenters. The van der Waals surface area contributed by atoms with Crippen LogP contribution >= 0.6 is 0 Å². The van der Waals surface area contributed by atoms with Gasteiger partial charge in [0.05, 0.1) is 18.9 Å². The number of para-hydroxylation sites is 1. The van der Waals surface area contributed by atoms with Crippen molar-refractivity contribution in [3.05, 3.63) is 89.7 Å². The van der Waals surface area contributed by atoms with Crippen molar-refractivity contribution in [2.24, 2.45) is 0 Å². The third kappa shape index (κ3) is 4.34. The average Bonchev–Trinajstić information content (AvgIpc) is 3.17. The first-order valence-corrected chi connectivity index (χ1v) is 10.2. The lowest BCUT2D eigenvalue weighted by Gasteiger charge is -2.10. The molecule has 6 heteroatoms. The molecule has 1 N–H and O–H groups in total. The Hall–Kier alpha value is -4.06. The van der Waals surface area contributed by atoms with E-state index >= 15 is 0 Å². The van der Waals surface area contributed by atoms with Crippen LogP contribution in [-0.2, 0) is 0 Å². The molecule has 32 heavy (non-hydrogen) atoms. The molecular weight excluding hydrogens is 406 g/mol. The smallest absolute Gasteiger partial charge is 0.255 e. The number of rotatable bonds is 7. The minimum Gasteiger partial charge on any atom is -0.497 e. The zero-order chi connectivity index (χ0) is 22.7. The first-order chi connectivity index (χ1) is 15.5. The van der Waals surface area contributed by atoms with Crippen LogP contribution in [0.1, 0.15) is 40.3 Å². The van der Waals surface area contributed by atoms with Crippen molar-refractivity contribution in [1.82, 2.24) is 0 Å². The minimum absolute atomic E-state index is 0.0403. The molecule has 0 aliphatic rings. The Labute approximate surface area is 185 Å². The maximum atomic E-state index is 13.2. The summed E-state index contributed by atoms with van der Waals surface area (Å²) in [5.74, 6) is 0.714. The van der Waals surface area contributed by atoms with Gasteiger partial charge in [-0.2, -0.15) is 0 Å². The molecule has 0 saturated heterocycles. The zero-order valence-electron chi connectivity index (χ0n) is 18.0. The van der Waals surface area contributed by atoms with E-state index in [0.717, 1.165) is 0 Å². The third-order valence-corrected chi connectivity index (χ3v) is 4.88. The highest BCUT2D eigenvalue weighted by Gasteiger charge is 2.24. The largest absolute Gasteiger partial charge is 0.497 e. The molecule has 3 aromatic carbocycles. The highest BCUT2D eigenvalue weighted by molar-refractivity contribution is 6.18. The van der Waals surface area contributed by atoms with E-state index in [9.17, 15) is 9.59 Å². The quantitative estimate of drug-likeness (QED) is 0.381. The number of ether oxygens (including phenoxy) is 2. The van der Waals surface area contributed by atoms with Gasteiger partial charge in [0, 0.05) is 16.5 Å². The number of carbonyl (C=O) groups excluding carboxylic acids is 2. The number of hydrogen-bond donors (Lipinski definition) is 1. The van der Waals surface area contributed by atoms with Gasteiger partial charge in [-0.05, 0) is 74.5 Å². The molecule has 0 bridgehead atoms. The van der Waals surface area contributed by atoms with Gasteiger partial charge in [0.2, 0.25) is 5.78 Å². The van der Waals surface area contributed by atoms with Gasteiger partial charge < -0.3 is 19.2 Å². The van der Waals surface area contributed by atoms with Crippen molar-refractivity contribution in [2.75, 3.05) is 12.4 Å². The number of nitrogens with one attached hydrogen (secondary N) is 1. The second kappa shape index (κ2) is 8.98. The molecular formula is C26H23NO5. The van der Waals surface area contributed by atoms with Gasteiger partial charge in [0.1, 0.15) is 17.1 Å². The Balaban J connectivity index is 1.67. The highest BCUT2D eigenvalue weighted by atomic mass is 16.5.